The van der Waals surface area contributed by atoms with Crippen LogP contribution in [0.15, 0.2) is 38.6 Å². The summed E-state index contributed by atoms with van der Waals surface area (Å²) in [4.78, 5) is 39.8. The molecule has 11 heteroatoms. The minimum absolute atomic E-state index is 0.00428. The van der Waals surface area contributed by atoms with Crippen LogP contribution in [0.2, 0.25) is 0 Å². The molecule has 2 N–H and O–H groups in total. The predicted octanol–water partition coefficient (Wildman–Crippen LogP) is 5.07. The topological polar surface area (TPSA) is 97.0 Å². The van der Waals surface area contributed by atoms with Crippen LogP contribution in [-0.2, 0) is 14.3 Å². The van der Waals surface area contributed by atoms with Crippen LogP contribution in [0.4, 0.5) is 16.2 Å². The Morgan fingerprint density at radius 3 is 2.61 bits per heavy atom. The quantitative estimate of drug-likeness (QED) is 0.500. The van der Waals surface area contributed by atoms with Crippen LogP contribution in [-0.4, -0.2) is 43.2 Å². The van der Waals surface area contributed by atoms with Gasteiger partial charge in [0.1, 0.15) is 5.54 Å². The summed E-state index contributed by atoms with van der Waals surface area (Å²) in [5.41, 5.74) is 0.259. The number of rotatable bonds is 5. The van der Waals surface area contributed by atoms with Crippen molar-refractivity contribution < 1.29 is 23.9 Å². The van der Waals surface area contributed by atoms with Crippen molar-refractivity contribution in [3.05, 3.63) is 38.6 Å². The summed E-state index contributed by atoms with van der Waals surface area (Å²) in [6, 6.07) is 8.78. The molecule has 0 radical (unpaired) electrons. The smallest absolute Gasteiger partial charge is 0.399 e. The number of thiophene rings is 1. The fraction of sp³-hybridized carbons (Fsp3) is 0.409. The number of carbonyl (C=O) groups is 3. The van der Waals surface area contributed by atoms with E-state index in [-0.39, 0.29) is 11.8 Å². The van der Waals surface area contributed by atoms with Gasteiger partial charge in [0, 0.05) is 16.7 Å². The van der Waals surface area contributed by atoms with Crippen LogP contribution in [0.3, 0.4) is 0 Å². The molecule has 2 fully saturated rings. The maximum Gasteiger partial charge on any atom is 0.414 e. The lowest BCUT2D eigenvalue weighted by atomic mass is 9.96. The molecule has 176 valence electrons. The van der Waals surface area contributed by atoms with Crippen molar-refractivity contribution in [1.29, 1.82) is 0 Å². The standard InChI is InChI=1S/C22H23Br2N3O5S/c23-15-13-14(3-4-16(15)27-10-12-31-11-7-18(27)28)25-20(29)22(8-1-2-9-22)26-21(30)32-19-6-5-17(24)33-19/h3-6,13H,1-2,7-12H2,(H,25,29)(H,26,30). The van der Waals surface area contributed by atoms with Gasteiger partial charge >= 0.3 is 6.09 Å². The number of carbonyl (C=O) groups excluding carboxylic acids is 3. The normalized spacial score (nSPS) is 18.0. The molecular formula is C22H23Br2N3O5S. The lowest BCUT2D eigenvalue weighted by molar-refractivity contribution is -0.122. The average molecular weight is 601 g/mol. The molecule has 1 saturated heterocycles. The van der Waals surface area contributed by atoms with E-state index in [4.69, 9.17) is 9.47 Å². The number of benzene rings is 1. The van der Waals surface area contributed by atoms with Crippen LogP contribution in [0.1, 0.15) is 32.1 Å². The molecule has 0 bridgehead atoms. The van der Waals surface area contributed by atoms with Crippen molar-refractivity contribution in [2.75, 3.05) is 30.0 Å². The third kappa shape index (κ3) is 5.76. The van der Waals surface area contributed by atoms with E-state index in [0.29, 0.717) is 54.2 Å². The van der Waals surface area contributed by atoms with Crippen molar-refractivity contribution in [2.24, 2.45) is 0 Å². The highest BCUT2D eigenvalue weighted by molar-refractivity contribution is 9.11. The maximum atomic E-state index is 13.2. The van der Waals surface area contributed by atoms with Gasteiger partial charge in [-0.2, -0.15) is 0 Å². The summed E-state index contributed by atoms with van der Waals surface area (Å²) in [5.74, 6) is -0.293. The Morgan fingerprint density at radius 1 is 1.12 bits per heavy atom. The van der Waals surface area contributed by atoms with Gasteiger partial charge in [0.15, 0.2) is 5.06 Å². The third-order valence-electron chi connectivity index (χ3n) is 5.69. The molecule has 0 atom stereocenters. The largest absolute Gasteiger partial charge is 0.414 e. The summed E-state index contributed by atoms with van der Waals surface area (Å²) < 4.78 is 12.3. The molecule has 2 aromatic rings. The van der Waals surface area contributed by atoms with E-state index in [1.807, 2.05) is 0 Å². The Hall–Kier alpha value is -1.95. The number of nitrogens with zero attached hydrogens (tertiary/aromatic N) is 1. The van der Waals surface area contributed by atoms with Gasteiger partial charge in [-0.05, 0) is 75.0 Å². The fourth-order valence-electron chi connectivity index (χ4n) is 4.04. The molecule has 4 rings (SSSR count). The van der Waals surface area contributed by atoms with Gasteiger partial charge in [0.05, 0.1) is 29.1 Å². The Bertz CT molecular complexity index is 1050. The fourth-order valence-corrected chi connectivity index (χ4v) is 5.82. The van der Waals surface area contributed by atoms with E-state index in [1.54, 1.807) is 35.2 Å². The van der Waals surface area contributed by atoms with Crippen molar-refractivity contribution in [2.45, 2.75) is 37.6 Å². The van der Waals surface area contributed by atoms with Crippen LogP contribution in [0.5, 0.6) is 5.06 Å². The van der Waals surface area contributed by atoms with Gasteiger partial charge in [0.2, 0.25) is 11.8 Å². The molecule has 33 heavy (non-hydrogen) atoms. The molecule has 8 nitrogen and oxygen atoms in total. The molecular weight excluding hydrogens is 578 g/mol. The number of hydrogen-bond donors (Lipinski definition) is 2. The van der Waals surface area contributed by atoms with E-state index in [9.17, 15) is 14.4 Å². The van der Waals surface area contributed by atoms with Crippen LogP contribution in [0.25, 0.3) is 0 Å². The number of hydrogen-bond acceptors (Lipinski definition) is 6. The van der Waals surface area contributed by atoms with Gasteiger partial charge in [-0.3, -0.25) is 9.59 Å². The summed E-state index contributed by atoms with van der Waals surface area (Å²) in [5, 5.41) is 6.17. The Balaban J connectivity index is 1.45. The lowest BCUT2D eigenvalue weighted by Crippen LogP contribution is -2.55. The average Bonchev–Trinajstić information content (AvgIpc) is 3.35. The minimum Gasteiger partial charge on any atom is -0.399 e. The second-order valence-corrected chi connectivity index (χ2v) is 11.2. The van der Waals surface area contributed by atoms with E-state index in [0.717, 1.165) is 22.3 Å². The highest BCUT2D eigenvalue weighted by atomic mass is 79.9. The molecule has 1 aromatic carbocycles. The Labute approximate surface area is 212 Å². The highest BCUT2D eigenvalue weighted by Gasteiger charge is 2.43. The van der Waals surface area contributed by atoms with Crippen molar-refractivity contribution in [1.82, 2.24) is 5.32 Å². The molecule has 1 saturated carbocycles. The van der Waals surface area contributed by atoms with Crippen molar-refractivity contribution in [3.63, 3.8) is 0 Å². The predicted molar refractivity (Wildman–Crippen MR) is 133 cm³/mol. The lowest BCUT2D eigenvalue weighted by Gasteiger charge is -2.28. The van der Waals surface area contributed by atoms with E-state index >= 15 is 0 Å². The molecule has 2 heterocycles. The first-order valence-corrected chi connectivity index (χ1v) is 13.0. The number of anilines is 2. The van der Waals surface area contributed by atoms with E-state index < -0.39 is 11.6 Å². The molecule has 3 amide bonds. The van der Waals surface area contributed by atoms with Gasteiger partial charge in [-0.25, -0.2) is 4.79 Å². The van der Waals surface area contributed by atoms with Gasteiger partial charge in [0.25, 0.3) is 0 Å². The molecule has 2 aliphatic rings. The van der Waals surface area contributed by atoms with Gasteiger partial charge < -0.3 is 25.0 Å². The number of halogens is 2. The molecule has 0 unspecified atom stereocenters. The van der Waals surface area contributed by atoms with Crippen LogP contribution < -0.4 is 20.3 Å². The second kappa shape index (κ2) is 10.5. The molecule has 0 spiro atoms. The summed E-state index contributed by atoms with van der Waals surface area (Å²) in [6.07, 6.45) is 2.41. The summed E-state index contributed by atoms with van der Waals surface area (Å²) in [7, 11) is 0. The SMILES string of the molecule is O=C(NC1(C(=O)Nc2ccc(N3CCOCCC3=O)c(Br)c2)CCCC1)Oc1ccc(Br)s1. The summed E-state index contributed by atoms with van der Waals surface area (Å²) in [6.45, 7) is 1.37. The van der Waals surface area contributed by atoms with Crippen molar-refractivity contribution in [3.8, 4) is 5.06 Å². The maximum absolute atomic E-state index is 13.2. The summed E-state index contributed by atoms with van der Waals surface area (Å²) >= 11 is 8.15. The monoisotopic (exact) mass is 599 g/mol. The van der Waals surface area contributed by atoms with Gasteiger partial charge in [-0.15, -0.1) is 0 Å². The van der Waals surface area contributed by atoms with Gasteiger partial charge in [-0.1, -0.05) is 24.2 Å². The first-order chi connectivity index (χ1) is 15.9. The van der Waals surface area contributed by atoms with Crippen molar-refractivity contribution >= 4 is 72.5 Å². The number of amides is 3. The molecule has 1 aliphatic heterocycles. The Morgan fingerprint density at radius 2 is 1.91 bits per heavy atom. The zero-order valence-corrected chi connectivity index (χ0v) is 21.7. The van der Waals surface area contributed by atoms with Crippen LogP contribution in [0, 0.1) is 0 Å². The Kier molecular flexibility index (Phi) is 7.72. The first-order valence-electron chi connectivity index (χ1n) is 10.6. The van der Waals surface area contributed by atoms with E-state index in [1.165, 1.54) is 11.3 Å². The number of nitrogens with one attached hydrogen (secondary N) is 2. The second-order valence-electron chi connectivity index (χ2n) is 7.89. The zero-order valence-electron chi connectivity index (χ0n) is 17.7. The van der Waals surface area contributed by atoms with Crippen LogP contribution >= 0.6 is 43.2 Å². The zero-order chi connectivity index (χ0) is 23.4. The minimum atomic E-state index is -1.03. The first kappa shape index (κ1) is 24.2. The molecule has 1 aromatic heterocycles. The highest BCUT2D eigenvalue weighted by Crippen LogP contribution is 2.34. The number of ether oxygens (including phenoxy) is 2. The van der Waals surface area contributed by atoms with E-state index in [2.05, 4.69) is 42.5 Å². The molecule has 1 aliphatic carbocycles. The third-order valence-corrected chi connectivity index (χ3v) is 7.83.